The molecule has 0 aromatic carbocycles. The Labute approximate surface area is 75.1 Å². The fourth-order valence-electron chi connectivity index (χ4n) is 0.784. The summed E-state index contributed by atoms with van der Waals surface area (Å²) in [5.74, 6) is -0.559. The van der Waals surface area contributed by atoms with Crippen LogP contribution in [0.1, 0.15) is 24.3 Å². The van der Waals surface area contributed by atoms with E-state index in [1.165, 1.54) is 0 Å². The second kappa shape index (κ2) is 3.93. The lowest BCUT2D eigenvalue weighted by atomic mass is 10.2. The van der Waals surface area contributed by atoms with Gasteiger partial charge in [0.1, 0.15) is 12.0 Å². The average Bonchev–Trinajstić information content (AvgIpc) is 2.47. The fourth-order valence-corrected chi connectivity index (χ4v) is 0.784. The molecule has 5 heteroatoms. The van der Waals surface area contributed by atoms with Crippen molar-refractivity contribution in [1.29, 1.82) is 0 Å². The largest absolute Gasteiger partial charge is 0.416 e. The number of aromatic amines is 1. The molecule has 0 fully saturated rings. The zero-order chi connectivity index (χ0) is 9.84. The maximum atomic E-state index is 11.2. The molecular weight excluding hydrogens is 172 g/mol. The van der Waals surface area contributed by atoms with Crippen molar-refractivity contribution in [2.45, 2.75) is 13.8 Å². The first-order chi connectivity index (χ1) is 6.09. The van der Waals surface area contributed by atoms with Gasteiger partial charge in [-0.1, -0.05) is 13.8 Å². The van der Waals surface area contributed by atoms with Crippen molar-refractivity contribution in [1.82, 2.24) is 10.3 Å². The Morgan fingerprint density at radius 2 is 2.38 bits per heavy atom. The molecule has 1 amide bonds. The molecule has 1 aromatic rings. The number of hydrogen-bond acceptors (Lipinski definition) is 3. The van der Waals surface area contributed by atoms with E-state index in [4.69, 9.17) is 0 Å². The van der Waals surface area contributed by atoms with Crippen LogP contribution < -0.4 is 11.1 Å². The predicted molar refractivity (Wildman–Crippen MR) is 46.5 cm³/mol. The van der Waals surface area contributed by atoms with Gasteiger partial charge in [0, 0.05) is 6.54 Å². The van der Waals surface area contributed by atoms with Crippen LogP contribution in [0, 0.1) is 5.92 Å². The quantitative estimate of drug-likeness (QED) is 0.711. The topological polar surface area (TPSA) is 75.1 Å². The highest BCUT2D eigenvalue weighted by atomic mass is 16.4. The summed E-state index contributed by atoms with van der Waals surface area (Å²) in [6, 6.07) is 0. The number of amides is 1. The van der Waals surface area contributed by atoms with Gasteiger partial charge < -0.3 is 9.73 Å². The van der Waals surface area contributed by atoms with Gasteiger partial charge in [0.05, 0.1) is 0 Å². The summed E-state index contributed by atoms with van der Waals surface area (Å²) in [6.07, 6.45) is 1.11. The third-order valence-corrected chi connectivity index (χ3v) is 1.44. The van der Waals surface area contributed by atoms with Gasteiger partial charge in [-0.15, -0.1) is 0 Å². The molecular formula is C8H12N2O3. The van der Waals surface area contributed by atoms with Crippen molar-refractivity contribution in [3.8, 4) is 0 Å². The molecule has 0 bridgehead atoms. The summed E-state index contributed by atoms with van der Waals surface area (Å²) < 4.78 is 4.42. The second-order valence-corrected chi connectivity index (χ2v) is 3.17. The Kier molecular flexibility index (Phi) is 2.89. The van der Waals surface area contributed by atoms with Gasteiger partial charge in [-0.2, -0.15) is 0 Å². The summed E-state index contributed by atoms with van der Waals surface area (Å²) in [5, 5.41) is 2.64. The van der Waals surface area contributed by atoms with Gasteiger partial charge >= 0.3 is 5.76 Å². The first kappa shape index (κ1) is 9.57. The molecule has 0 radical (unpaired) electrons. The van der Waals surface area contributed by atoms with Gasteiger partial charge in [-0.3, -0.25) is 9.78 Å². The van der Waals surface area contributed by atoms with Gasteiger partial charge in [0.15, 0.2) is 0 Å². The van der Waals surface area contributed by atoms with Crippen LogP contribution in [0.15, 0.2) is 15.5 Å². The maximum absolute atomic E-state index is 11.2. The first-order valence-electron chi connectivity index (χ1n) is 4.05. The third-order valence-electron chi connectivity index (χ3n) is 1.44. The van der Waals surface area contributed by atoms with Crippen molar-refractivity contribution in [2.75, 3.05) is 6.54 Å². The van der Waals surface area contributed by atoms with E-state index in [-0.39, 0.29) is 11.6 Å². The molecule has 0 atom stereocenters. The predicted octanol–water partition coefficient (Wildman–Crippen LogP) is 0.354. The van der Waals surface area contributed by atoms with Gasteiger partial charge in [-0.25, -0.2) is 4.79 Å². The minimum absolute atomic E-state index is 0.158. The lowest BCUT2D eigenvalue weighted by Crippen LogP contribution is -2.27. The number of carbonyl (C=O) groups is 1. The van der Waals surface area contributed by atoms with Crippen LogP contribution in [0.25, 0.3) is 0 Å². The molecule has 0 aliphatic heterocycles. The summed E-state index contributed by atoms with van der Waals surface area (Å²) >= 11 is 0. The smallest absolute Gasteiger partial charge is 0.416 e. The van der Waals surface area contributed by atoms with E-state index in [0.717, 1.165) is 6.26 Å². The molecule has 1 rings (SSSR count). The number of carbonyl (C=O) groups excluding carboxylic acids is 1. The molecule has 2 N–H and O–H groups in total. The van der Waals surface area contributed by atoms with Crippen LogP contribution in [-0.2, 0) is 0 Å². The normalized spacial score (nSPS) is 10.4. The number of H-pyrrole nitrogens is 1. The fraction of sp³-hybridized carbons (Fsp3) is 0.500. The Morgan fingerprint density at radius 1 is 1.69 bits per heavy atom. The van der Waals surface area contributed by atoms with E-state index in [2.05, 4.69) is 14.7 Å². The SMILES string of the molecule is CC(C)CNC(=O)c1coc(=O)[nH]1. The lowest BCUT2D eigenvalue weighted by molar-refractivity contribution is 0.0944. The first-order valence-corrected chi connectivity index (χ1v) is 4.05. The van der Waals surface area contributed by atoms with Crippen LogP contribution in [0.2, 0.25) is 0 Å². The number of nitrogens with one attached hydrogen (secondary N) is 2. The summed E-state index contributed by atoms with van der Waals surface area (Å²) in [7, 11) is 0. The minimum Gasteiger partial charge on any atom is -0.416 e. The van der Waals surface area contributed by atoms with Gasteiger partial charge in [0.2, 0.25) is 0 Å². The highest BCUT2D eigenvalue weighted by molar-refractivity contribution is 5.91. The van der Waals surface area contributed by atoms with Crippen molar-refractivity contribution in [3.05, 3.63) is 22.5 Å². The van der Waals surface area contributed by atoms with Gasteiger partial charge in [0.25, 0.3) is 5.91 Å². The monoisotopic (exact) mass is 184 g/mol. The van der Waals surface area contributed by atoms with Crippen LogP contribution in [0.4, 0.5) is 0 Å². The maximum Gasteiger partial charge on any atom is 0.416 e. The molecule has 1 heterocycles. The minimum atomic E-state index is -0.616. The Bertz CT molecular complexity index is 337. The van der Waals surface area contributed by atoms with E-state index in [1.807, 2.05) is 13.8 Å². The van der Waals surface area contributed by atoms with Crippen molar-refractivity contribution in [3.63, 3.8) is 0 Å². The van der Waals surface area contributed by atoms with Gasteiger partial charge in [-0.05, 0) is 5.92 Å². The molecule has 13 heavy (non-hydrogen) atoms. The average molecular weight is 184 g/mol. The second-order valence-electron chi connectivity index (χ2n) is 3.17. The van der Waals surface area contributed by atoms with E-state index in [1.54, 1.807) is 0 Å². The molecule has 5 nitrogen and oxygen atoms in total. The summed E-state index contributed by atoms with van der Waals surface area (Å²) in [6.45, 7) is 4.54. The van der Waals surface area contributed by atoms with E-state index in [9.17, 15) is 9.59 Å². The molecule has 1 aromatic heterocycles. The zero-order valence-corrected chi connectivity index (χ0v) is 7.59. The Balaban J connectivity index is 2.54. The molecule has 0 unspecified atom stereocenters. The number of oxazole rings is 1. The number of rotatable bonds is 3. The highest BCUT2D eigenvalue weighted by Gasteiger charge is 2.08. The summed E-state index contributed by atoms with van der Waals surface area (Å²) in [5.41, 5.74) is 0.158. The van der Waals surface area contributed by atoms with Crippen molar-refractivity contribution < 1.29 is 9.21 Å². The zero-order valence-electron chi connectivity index (χ0n) is 7.59. The summed E-state index contributed by atoms with van der Waals surface area (Å²) in [4.78, 5) is 24.0. The van der Waals surface area contributed by atoms with Crippen LogP contribution >= 0.6 is 0 Å². The molecule has 0 saturated carbocycles. The van der Waals surface area contributed by atoms with Crippen LogP contribution in [0.5, 0.6) is 0 Å². The third kappa shape index (κ3) is 2.77. The molecule has 0 aliphatic rings. The van der Waals surface area contributed by atoms with E-state index in [0.29, 0.717) is 12.5 Å². The number of hydrogen-bond donors (Lipinski definition) is 2. The van der Waals surface area contributed by atoms with Crippen molar-refractivity contribution in [2.24, 2.45) is 5.92 Å². The molecule has 0 spiro atoms. The molecule has 0 aliphatic carbocycles. The van der Waals surface area contributed by atoms with Crippen LogP contribution in [-0.4, -0.2) is 17.4 Å². The standard InChI is InChI=1S/C8H12N2O3/c1-5(2)3-9-7(11)6-4-13-8(12)10-6/h4-5H,3H2,1-2H3,(H,9,11)(H,10,12). The molecule has 72 valence electrons. The van der Waals surface area contributed by atoms with Crippen molar-refractivity contribution >= 4 is 5.91 Å². The van der Waals surface area contributed by atoms with E-state index >= 15 is 0 Å². The Morgan fingerprint density at radius 3 is 2.85 bits per heavy atom. The highest BCUT2D eigenvalue weighted by Crippen LogP contribution is 1.92. The lowest BCUT2D eigenvalue weighted by Gasteiger charge is -2.04. The molecule has 0 saturated heterocycles. The van der Waals surface area contributed by atoms with Crippen LogP contribution in [0.3, 0.4) is 0 Å². The Hall–Kier alpha value is -1.52. The number of aromatic nitrogens is 1. The van der Waals surface area contributed by atoms with E-state index < -0.39 is 5.76 Å².